The highest BCUT2D eigenvalue weighted by atomic mass is 16.1. The maximum Gasteiger partial charge on any atom is 0.226 e. The molecular formula is C16H21N5O. The Kier molecular flexibility index (Phi) is 3.92. The minimum atomic E-state index is 0.134. The van der Waals surface area contributed by atoms with E-state index in [1.807, 2.05) is 27.0 Å². The number of ketones is 1. The fraction of sp³-hybridized carbons (Fsp3) is 0.500. The molecule has 1 fully saturated rings. The number of carbonyl (C=O) groups excluding carboxylic acids is 1. The van der Waals surface area contributed by atoms with Gasteiger partial charge in [-0.25, -0.2) is 9.97 Å². The Hall–Kier alpha value is -2.24. The third-order valence-electron chi connectivity index (χ3n) is 4.05. The van der Waals surface area contributed by atoms with Crippen LogP contribution in [0, 0.1) is 13.8 Å². The van der Waals surface area contributed by atoms with E-state index in [1.54, 1.807) is 17.1 Å². The van der Waals surface area contributed by atoms with E-state index >= 15 is 0 Å². The van der Waals surface area contributed by atoms with Gasteiger partial charge < -0.3 is 4.90 Å². The van der Waals surface area contributed by atoms with Gasteiger partial charge in [0.1, 0.15) is 0 Å². The van der Waals surface area contributed by atoms with Gasteiger partial charge in [-0.2, -0.15) is 5.10 Å². The molecule has 2 aromatic rings. The molecule has 1 saturated heterocycles. The molecule has 1 aliphatic rings. The molecule has 0 amide bonds. The van der Waals surface area contributed by atoms with Crippen LogP contribution in [-0.4, -0.2) is 38.1 Å². The lowest BCUT2D eigenvalue weighted by atomic mass is 10.0. The molecule has 0 bridgehead atoms. The first-order valence-electron chi connectivity index (χ1n) is 7.63. The van der Waals surface area contributed by atoms with E-state index in [0.717, 1.165) is 36.7 Å². The molecule has 0 unspecified atom stereocenters. The van der Waals surface area contributed by atoms with Crippen LogP contribution in [0.3, 0.4) is 0 Å². The number of anilines is 1. The van der Waals surface area contributed by atoms with Gasteiger partial charge in [0, 0.05) is 43.6 Å². The summed E-state index contributed by atoms with van der Waals surface area (Å²) >= 11 is 0. The van der Waals surface area contributed by atoms with Gasteiger partial charge in [0.05, 0.1) is 11.8 Å². The van der Waals surface area contributed by atoms with Crippen molar-refractivity contribution < 1.29 is 4.79 Å². The molecule has 3 rings (SSSR count). The Morgan fingerprint density at radius 1 is 1.32 bits per heavy atom. The Morgan fingerprint density at radius 2 is 2.05 bits per heavy atom. The molecule has 3 heterocycles. The Balaban J connectivity index is 1.77. The van der Waals surface area contributed by atoms with Crippen LogP contribution in [0.25, 0.3) is 0 Å². The zero-order valence-corrected chi connectivity index (χ0v) is 13.3. The summed E-state index contributed by atoms with van der Waals surface area (Å²) in [6.45, 7) is 4.86. The molecular weight excluding hydrogens is 278 g/mol. The predicted molar refractivity (Wildman–Crippen MR) is 84.0 cm³/mol. The van der Waals surface area contributed by atoms with Crippen molar-refractivity contribution in [1.82, 2.24) is 19.7 Å². The molecule has 0 N–H and O–H groups in total. The highest BCUT2D eigenvalue weighted by Crippen LogP contribution is 2.26. The number of carbonyl (C=O) groups is 1. The smallest absolute Gasteiger partial charge is 0.226 e. The van der Waals surface area contributed by atoms with Gasteiger partial charge in [0.2, 0.25) is 5.95 Å². The molecule has 1 aliphatic heterocycles. The normalized spacial score (nSPS) is 18.0. The molecule has 0 spiro atoms. The SMILES string of the molecule is Cc1cc(C)nc(N2CCC[C@H]2CC(=O)c2cnn(C)c2)n1. The summed E-state index contributed by atoms with van der Waals surface area (Å²) < 4.78 is 1.66. The van der Waals surface area contributed by atoms with Crippen molar-refractivity contribution in [2.45, 2.75) is 39.2 Å². The highest BCUT2D eigenvalue weighted by molar-refractivity contribution is 5.96. The van der Waals surface area contributed by atoms with Crippen molar-refractivity contribution in [1.29, 1.82) is 0 Å². The van der Waals surface area contributed by atoms with Crippen molar-refractivity contribution in [3.63, 3.8) is 0 Å². The van der Waals surface area contributed by atoms with Gasteiger partial charge in [0.15, 0.2) is 5.78 Å². The molecule has 2 aromatic heterocycles. The quantitative estimate of drug-likeness (QED) is 0.809. The van der Waals surface area contributed by atoms with Crippen LogP contribution in [0.1, 0.15) is 41.0 Å². The van der Waals surface area contributed by atoms with Crippen LogP contribution in [0.4, 0.5) is 5.95 Å². The van der Waals surface area contributed by atoms with E-state index in [4.69, 9.17) is 0 Å². The average molecular weight is 299 g/mol. The van der Waals surface area contributed by atoms with E-state index in [-0.39, 0.29) is 11.8 Å². The lowest BCUT2D eigenvalue weighted by molar-refractivity contribution is 0.0974. The summed E-state index contributed by atoms with van der Waals surface area (Å²) in [4.78, 5) is 23.7. The zero-order chi connectivity index (χ0) is 15.7. The van der Waals surface area contributed by atoms with Crippen LogP contribution < -0.4 is 4.90 Å². The lowest BCUT2D eigenvalue weighted by Gasteiger charge is -2.24. The minimum absolute atomic E-state index is 0.134. The first-order chi connectivity index (χ1) is 10.5. The molecule has 6 nitrogen and oxygen atoms in total. The van der Waals surface area contributed by atoms with Crippen LogP contribution in [-0.2, 0) is 7.05 Å². The van der Waals surface area contributed by atoms with Crippen molar-refractivity contribution >= 4 is 11.7 Å². The molecule has 116 valence electrons. The second-order valence-electron chi connectivity index (χ2n) is 5.97. The van der Waals surface area contributed by atoms with Crippen LogP contribution in [0.15, 0.2) is 18.5 Å². The second kappa shape index (κ2) is 5.87. The van der Waals surface area contributed by atoms with Crippen LogP contribution in [0.2, 0.25) is 0 Å². The van der Waals surface area contributed by atoms with Crippen molar-refractivity contribution in [3.05, 3.63) is 35.4 Å². The van der Waals surface area contributed by atoms with Gasteiger partial charge in [-0.15, -0.1) is 0 Å². The summed E-state index contributed by atoms with van der Waals surface area (Å²) in [5, 5.41) is 4.07. The number of aryl methyl sites for hydroxylation is 3. The van der Waals surface area contributed by atoms with Crippen molar-refractivity contribution in [3.8, 4) is 0 Å². The summed E-state index contributed by atoms with van der Waals surface area (Å²) in [5.41, 5.74) is 2.61. The number of nitrogens with zero attached hydrogens (tertiary/aromatic N) is 5. The zero-order valence-electron chi connectivity index (χ0n) is 13.3. The first-order valence-corrected chi connectivity index (χ1v) is 7.63. The first kappa shape index (κ1) is 14.7. The van der Waals surface area contributed by atoms with E-state index in [1.165, 1.54) is 0 Å². The number of hydrogen-bond acceptors (Lipinski definition) is 5. The molecule has 1 atom stereocenters. The lowest BCUT2D eigenvalue weighted by Crippen LogP contribution is -2.33. The largest absolute Gasteiger partial charge is 0.337 e. The van der Waals surface area contributed by atoms with E-state index < -0.39 is 0 Å². The Labute approximate surface area is 130 Å². The standard InChI is InChI=1S/C16H21N5O/c1-11-7-12(2)19-16(18-11)21-6-4-5-14(21)8-15(22)13-9-17-20(3)10-13/h7,9-10,14H,4-6,8H2,1-3H3/t14-/m0/s1. The summed E-state index contributed by atoms with van der Waals surface area (Å²) in [6, 6.07) is 2.14. The Morgan fingerprint density at radius 3 is 2.68 bits per heavy atom. The van der Waals surface area contributed by atoms with E-state index in [9.17, 15) is 4.79 Å². The molecule has 0 saturated carbocycles. The molecule has 0 aliphatic carbocycles. The average Bonchev–Trinajstić information content (AvgIpc) is 3.06. The van der Waals surface area contributed by atoms with Gasteiger partial charge in [-0.1, -0.05) is 0 Å². The third-order valence-corrected chi connectivity index (χ3v) is 4.05. The highest BCUT2D eigenvalue weighted by Gasteiger charge is 2.29. The van der Waals surface area contributed by atoms with Gasteiger partial charge in [-0.05, 0) is 32.8 Å². The van der Waals surface area contributed by atoms with Gasteiger partial charge in [0.25, 0.3) is 0 Å². The number of Topliss-reactive ketones (excluding diaryl/α,β-unsaturated/α-hetero) is 1. The summed E-state index contributed by atoms with van der Waals surface area (Å²) in [5.74, 6) is 0.883. The van der Waals surface area contributed by atoms with E-state index in [0.29, 0.717) is 12.0 Å². The third kappa shape index (κ3) is 3.00. The van der Waals surface area contributed by atoms with Crippen molar-refractivity contribution in [2.75, 3.05) is 11.4 Å². The van der Waals surface area contributed by atoms with Gasteiger partial charge >= 0.3 is 0 Å². The molecule has 0 radical (unpaired) electrons. The summed E-state index contributed by atoms with van der Waals surface area (Å²) in [7, 11) is 1.82. The van der Waals surface area contributed by atoms with Crippen LogP contribution in [0.5, 0.6) is 0 Å². The minimum Gasteiger partial charge on any atom is -0.337 e. The fourth-order valence-electron chi connectivity index (χ4n) is 3.04. The van der Waals surface area contributed by atoms with Crippen molar-refractivity contribution in [2.24, 2.45) is 7.05 Å². The number of hydrogen-bond donors (Lipinski definition) is 0. The maximum atomic E-state index is 12.4. The Bertz CT molecular complexity index is 673. The molecule has 6 heteroatoms. The number of rotatable bonds is 4. The van der Waals surface area contributed by atoms with E-state index in [2.05, 4.69) is 20.0 Å². The van der Waals surface area contributed by atoms with Gasteiger partial charge in [-0.3, -0.25) is 9.48 Å². The second-order valence-corrected chi connectivity index (χ2v) is 5.97. The monoisotopic (exact) mass is 299 g/mol. The molecule has 0 aromatic carbocycles. The summed E-state index contributed by atoms with van der Waals surface area (Å²) in [6.07, 6.45) is 5.97. The number of aromatic nitrogens is 4. The predicted octanol–water partition coefficient (Wildman–Crippen LogP) is 2.07. The fourth-order valence-corrected chi connectivity index (χ4v) is 3.04. The van der Waals surface area contributed by atoms with Crippen LogP contribution >= 0.6 is 0 Å². The maximum absolute atomic E-state index is 12.4. The topological polar surface area (TPSA) is 63.9 Å². The molecule has 22 heavy (non-hydrogen) atoms.